The third-order valence-corrected chi connectivity index (χ3v) is 4.44. The number of rotatable bonds is 2. The van der Waals surface area contributed by atoms with Crippen molar-refractivity contribution in [3.63, 3.8) is 0 Å². The van der Waals surface area contributed by atoms with E-state index in [2.05, 4.69) is 4.99 Å². The number of fused-ring (bicyclic) bond motifs is 1. The van der Waals surface area contributed by atoms with E-state index in [4.69, 9.17) is 14.0 Å². The Labute approximate surface area is 124 Å². The maximum Gasteiger partial charge on any atom is 0.494 e. The third-order valence-electron chi connectivity index (χ3n) is 4.44. The summed E-state index contributed by atoms with van der Waals surface area (Å²) in [5, 5.41) is 0. The lowest BCUT2D eigenvalue weighted by Gasteiger charge is -2.32. The number of carbonyl (C=O) groups is 1. The molecule has 0 aromatic heterocycles. The van der Waals surface area contributed by atoms with Gasteiger partial charge in [0.1, 0.15) is 5.75 Å². The molecule has 0 aliphatic carbocycles. The Morgan fingerprint density at radius 3 is 2.33 bits per heavy atom. The summed E-state index contributed by atoms with van der Waals surface area (Å²) in [7, 11) is 1.05. The number of ether oxygens (including phenoxy) is 1. The summed E-state index contributed by atoms with van der Waals surface area (Å²) >= 11 is 0. The second-order valence-corrected chi connectivity index (χ2v) is 6.34. The quantitative estimate of drug-likeness (QED) is 0.775. The summed E-state index contributed by atoms with van der Waals surface area (Å²) in [4.78, 5) is 15.6. The van der Waals surface area contributed by atoms with Crippen molar-refractivity contribution in [3.05, 3.63) is 23.3 Å². The van der Waals surface area contributed by atoms with Gasteiger partial charge in [-0.2, -0.15) is 0 Å². The number of hydrogen-bond acceptors (Lipinski definition) is 4. The minimum absolute atomic E-state index is 0.276. The minimum Gasteiger partial charge on any atom is -0.496 e. The van der Waals surface area contributed by atoms with Crippen LogP contribution in [-0.2, 0) is 9.31 Å². The lowest BCUT2D eigenvalue weighted by atomic mass is 9.77. The summed E-state index contributed by atoms with van der Waals surface area (Å²) in [6.07, 6.45) is 1.55. The van der Waals surface area contributed by atoms with Crippen LogP contribution >= 0.6 is 0 Å². The Bertz CT molecular complexity index is 635. The lowest BCUT2D eigenvalue weighted by Crippen LogP contribution is -2.41. The molecule has 0 bridgehead atoms. The molecule has 0 saturated carbocycles. The van der Waals surface area contributed by atoms with Crippen molar-refractivity contribution in [2.75, 3.05) is 7.11 Å². The number of benzene rings is 1. The Morgan fingerprint density at radius 2 is 1.76 bits per heavy atom. The largest absolute Gasteiger partial charge is 0.496 e. The highest BCUT2D eigenvalue weighted by molar-refractivity contribution is 6.62. The molecule has 2 aliphatic heterocycles. The average molecular weight is 287 g/mol. The Hall–Kier alpha value is -1.66. The fraction of sp³-hybridized carbons (Fsp3) is 0.467. The molecule has 110 valence electrons. The molecular formula is C15H18BNO4. The molecule has 0 atom stereocenters. The second-order valence-electron chi connectivity index (χ2n) is 6.34. The standard InChI is InChI=1S/C15H18BNO4/c1-14(2)15(3,4)21-16(20-14)10-6-9-8-17-13(18)12(9)11(7-10)19-5/h6-8H,1-5H3. The molecule has 1 amide bonds. The first-order chi connectivity index (χ1) is 9.75. The molecular weight excluding hydrogens is 269 g/mol. The Kier molecular flexibility index (Phi) is 3.01. The molecule has 3 rings (SSSR count). The molecule has 1 aromatic rings. The molecule has 1 aromatic carbocycles. The highest BCUT2D eigenvalue weighted by atomic mass is 16.7. The molecule has 5 nitrogen and oxygen atoms in total. The van der Waals surface area contributed by atoms with E-state index in [0.29, 0.717) is 11.3 Å². The van der Waals surface area contributed by atoms with Gasteiger partial charge in [-0.05, 0) is 39.2 Å². The fourth-order valence-corrected chi connectivity index (χ4v) is 2.46. The highest BCUT2D eigenvalue weighted by Gasteiger charge is 2.52. The summed E-state index contributed by atoms with van der Waals surface area (Å²) in [5.74, 6) is 0.224. The van der Waals surface area contributed by atoms with Gasteiger partial charge in [0.05, 0.1) is 23.9 Å². The number of carbonyl (C=O) groups excluding carboxylic acids is 1. The predicted molar refractivity (Wildman–Crippen MR) is 80.6 cm³/mol. The first kappa shape index (κ1) is 14.3. The van der Waals surface area contributed by atoms with Gasteiger partial charge in [0, 0.05) is 11.8 Å². The monoisotopic (exact) mass is 287 g/mol. The van der Waals surface area contributed by atoms with E-state index in [9.17, 15) is 4.79 Å². The zero-order valence-corrected chi connectivity index (χ0v) is 12.9. The van der Waals surface area contributed by atoms with Gasteiger partial charge in [-0.25, -0.2) is 4.99 Å². The van der Waals surface area contributed by atoms with E-state index >= 15 is 0 Å². The molecule has 1 fully saturated rings. The van der Waals surface area contributed by atoms with Gasteiger partial charge in [0.2, 0.25) is 0 Å². The molecule has 2 heterocycles. The van der Waals surface area contributed by atoms with Gasteiger partial charge in [-0.3, -0.25) is 4.79 Å². The summed E-state index contributed by atoms with van der Waals surface area (Å²) in [5.41, 5.74) is 1.24. The summed E-state index contributed by atoms with van der Waals surface area (Å²) < 4.78 is 17.4. The fourth-order valence-electron chi connectivity index (χ4n) is 2.46. The van der Waals surface area contributed by atoms with E-state index < -0.39 is 18.3 Å². The normalized spacial score (nSPS) is 21.8. The molecule has 1 saturated heterocycles. The van der Waals surface area contributed by atoms with Crippen LogP contribution in [0.2, 0.25) is 0 Å². The van der Waals surface area contributed by atoms with Gasteiger partial charge in [-0.1, -0.05) is 6.07 Å². The molecule has 0 radical (unpaired) electrons. The number of methoxy groups -OCH3 is 1. The van der Waals surface area contributed by atoms with Crippen molar-refractivity contribution in [1.29, 1.82) is 0 Å². The summed E-state index contributed by atoms with van der Waals surface area (Å²) in [6.45, 7) is 8.01. The number of hydrogen-bond donors (Lipinski definition) is 0. The molecule has 0 spiro atoms. The van der Waals surface area contributed by atoms with Crippen LogP contribution in [0.3, 0.4) is 0 Å². The van der Waals surface area contributed by atoms with Gasteiger partial charge in [0.25, 0.3) is 5.91 Å². The zero-order valence-electron chi connectivity index (χ0n) is 12.9. The highest BCUT2D eigenvalue weighted by Crippen LogP contribution is 2.37. The van der Waals surface area contributed by atoms with Crippen molar-refractivity contribution in [3.8, 4) is 5.75 Å². The van der Waals surface area contributed by atoms with Crippen molar-refractivity contribution in [2.24, 2.45) is 4.99 Å². The Balaban J connectivity index is 2.02. The molecule has 21 heavy (non-hydrogen) atoms. The number of amides is 1. The van der Waals surface area contributed by atoms with Crippen LogP contribution in [0.1, 0.15) is 43.6 Å². The van der Waals surface area contributed by atoms with Gasteiger partial charge >= 0.3 is 7.12 Å². The summed E-state index contributed by atoms with van der Waals surface area (Å²) in [6, 6.07) is 3.65. The molecule has 0 unspecified atom stereocenters. The first-order valence-corrected chi connectivity index (χ1v) is 6.91. The predicted octanol–water partition coefficient (Wildman–Crippen LogP) is 1.57. The SMILES string of the molecule is COc1cc(B2OC(C)(C)C(C)(C)O2)cc2c1C(=O)N=C2. The molecule has 0 N–H and O–H groups in total. The number of nitrogens with zero attached hydrogens (tertiary/aromatic N) is 1. The van der Waals surface area contributed by atoms with Crippen LogP contribution < -0.4 is 10.2 Å². The first-order valence-electron chi connectivity index (χ1n) is 6.91. The van der Waals surface area contributed by atoms with E-state index in [1.807, 2.05) is 33.8 Å². The van der Waals surface area contributed by atoms with E-state index in [-0.39, 0.29) is 5.91 Å². The molecule has 6 heteroatoms. The van der Waals surface area contributed by atoms with Crippen molar-refractivity contribution >= 4 is 24.7 Å². The lowest BCUT2D eigenvalue weighted by molar-refractivity contribution is 0.00578. The Morgan fingerprint density at radius 1 is 1.14 bits per heavy atom. The number of aliphatic imine (C=N–C) groups is 1. The topological polar surface area (TPSA) is 57.1 Å². The van der Waals surface area contributed by atoms with Gasteiger partial charge in [-0.15, -0.1) is 0 Å². The van der Waals surface area contributed by atoms with Crippen LogP contribution in [0.4, 0.5) is 0 Å². The zero-order chi connectivity index (χ0) is 15.4. The van der Waals surface area contributed by atoms with Crippen molar-refractivity contribution in [2.45, 2.75) is 38.9 Å². The van der Waals surface area contributed by atoms with Crippen molar-refractivity contribution in [1.82, 2.24) is 0 Å². The van der Waals surface area contributed by atoms with Gasteiger partial charge < -0.3 is 14.0 Å². The smallest absolute Gasteiger partial charge is 0.494 e. The van der Waals surface area contributed by atoms with Gasteiger partial charge in [0.15, 0.2) is 0 Å². The average Bonchev–Trinajstić information content (AvgIpc) is 2.87. The van der Waals surface area contributed by atoms with Crippen LogP contribution in [0.15, 0.2) is 17.1 Å². The maximum absolute atomic E-state index is 11.7. The van der Waals surface area contributed by atoms with Crippen LogP contribution in [0, 0.1) is 0 Å². The van der Waals surface area contributed by atoms with E-state index in [0.717, 1.165) is 11.0 Å². The molecule has 2 aliphatic rings. The van der Waals surface area contributed by atoms with Crippen molar-refractivity contribution < 1.29 is 18.8 Å². The van der Waals surface area contributed by atoms with Crippen LogP contribution in [0.5, 0.6) is 5.75 Å². The maximum atomic E-state index is 11.7. The third kappa shape index (κ3) is 2.10. The van der Waals surface area contributed by atoms with Crippen LogP contribution in [0.25, 0.3) is 0 Å². The van der Waals surface area contributed by atoms with Crippen LogP contribution in [-0.4, -0.2) is 37.6 Å². The van der Waals surface area contributed by atoms with E-state index in [1.165, 1.54) is 7.11 Å². The minimum atomic E-state index is -0.488. The second kappa shape index (κ2) is 4.42. The van der Waals surface area contributed by atoms with E-state index in [1.54, 1.807) is 12.3 Å².